The number of pyridine rings is 1. The van der Waals surface area contributed by atoms with Gasteiger partial charge in [-0.1, -0.05) is 11.6 Å². The molecule has 0 atom stereocenters. The Morgan fingerprint density at radius 3 is 2.58 bits per heavy atom. The summed E-state index contributed by atoms with van der Waals surface area (Å²) in [4.78, 5) is 18.6. The van der Waals surface area contributed by atoms with Crippen LogP contribution < -0.4 is 0 Å². The van der Waals surface area contributed by atoms with Crippen LogP contribution in [0.3, 0.4) is 0 Å². The number of rotatable bonds is 3. The molecular formula is C27H32FN3O2. The first-order chi connectivity index (χ1) is 15.6. The predicted molar refractivity (Wildman–Crippen MR) is 130 cm³/mol. The Bertz CT molecular complexity index is 1190. The maximum atomic E-state index is 14.0. The van der Waals surface area contributed by atoms with Crippen LogP contribution in [0.15, 0.2) is 48.4 Å². The number of halogens is 1. The molecule has 6 heteroatoms. The first-order valence-corrected chi connectivity index (χ1v) is 11.5. The molecule has 1 saturated heterocycles. The van der Waals surface area contributed by atoms with Crippen LogP contribution in [0.5, 0.6) is 0 Å². The standard InChI is InChI=1S/C27H32FN3O2/c1-18(2)14-20-15-21(28)6-7-24(20)31-17-23(22-8-11-29-16-25(22)31)19-9-12-30(13-10-19)26(32)33-27(3,4)5/h6-8,11,14-17,19H,9-10,12-13H2,1-5H3. The lowest BCUT2D eigenvalue weighted by molar-refractivity contribution is 0.0205. The smallest absolute Gasteiger partial charge is 0.410 e. The summed E-state index contributed by atoms with van der Waals surface area (Å²) in [6.07, 6.45) is 9.33. The van der Waals surface area contributed by atoms with Gasteiger partial charge in [0, 0.05) is 36.4 Å². The second kappa shape index (κ2) is 9.00. The minimum absolute atomic E-state index is 0.245. The Balaban J connectivity index is 1.66. The van der Waals surface area contributed by atoms with Crippen LogP contribution in [-0.4, -0.2) is 39.2 Å². The van der Waals surface area contributed by atoms with Crippen LogP contribution in [-0.2, 0) is 4.74 Å². The first-order valence-electron chi connectivity index (χ1n) is 11.5. The van der Waals surface area contributed by atoms with E-state index in [1.165, 1.54) is 11.6 Å². The molecule has 3 aromatic rings. The van der Waals surface area contributed by atoms with Gasteiger partial charge in [-0.25, -0.2) is 9.18 Å². The van der Waals surface area contributed by atoms with E-state index in [4.69, 9.17) is 4.74 Å². The van der Waals surface area contributed by atoms with E-state index in [0.29, 0.717) is 19.0 Å². The van der Waals surface area contributed by atoms with Crippen LogP contribution >= 0.6 is 0 Å². The number of carbonyl (C=O) groups excluding carboxylic acids is 1. The molecule has 3 heterocycles. The Morgan fingerprint density at radius 2 is 1.91 bits per heavy atom. The van der Waals surface area contributed by atoms with E-state index in [1.807, 2.05) is 65.2 Å². The van der Waals surface area contributed by atoms with Crippen molar-refractivity contribution in [3.05, 3.63) is 65.4 Å². The zero-order chi connectivity index (χ0) is 23.8. The van der Waals surface area contributed by atoms with E-state index in [0.717, 1.165) is 40.6 Å². The molecule has 0 N–H and O–H groups in total. The van der Waals surface area contributed by atoms with Gasteiger partial charge >= 0.3 is 6.09 Å². The molecule has 0 bridgehead atoms. The summed E-state index contributed by atoms with van der Waals surface area (Å²) in [6.45, 7) is 11.0. The summed E-state index contributed by atoms with van der Waals surface area (Å²) in [5, 5.41) is 1.15. The zero-order valence-corrected chi connectivity index (χ0v) is 20.1. The summed E-state index contributed by atoms with van der Waals surface area (Å²) in [7, 11) is 0. The normalized spacial score (nSPS) is 15.0. The van der Waals surface area contributed by atoms with Crippen LogP contribution in [0.1, 0.15) is 64.5 Å². The second-order valence-corrected chi connectivity index (χ2v) is 10.0. The first kappa shape index (κ1) is 23.0. The topological polar surface area (TPSA) is 47.4 Å². The molecule has 1 aliphatic rings. The monoisotopic (exact) mass is 449 g/mol. The quantitative estimate of drug-likeness (QED) is 0.447. The number of likely N-dealkylation sites (tertiary alicyclic amines) is 1. The number of benzene rings is 1. The molecule has 0 unspecified atom stereocenters. The number of ether oxygens (including phenoxy) is 1. The molecule has 2 aromatic heterocycles. The highest BCUT2D eigenvalue weighted by Crippen LogP contribution is 2.36. The molecule has 1 aliphatic heterocycles. The third-order valence-corrected chi connectivity index (χ3v) is 5.92. The van der Waals surface area contributed by atoms with Gasteiger partial charge in [0.15, 0.2) is 0 Å². The lowest BCUT2D eigenvalue weighted by atomic mass is 9.89. The maximum absolute atomic E-state index is 14.0. The number of allylic oxidation sites excluding steroid dienone is 1. The number of nitrogens with zero attached hydrogens (tertiary/aromatic N) is 3. The Kier molecular flexibility index (Phi) is 6.28. The zero-order valence-electron chi connectivity index (χ0n) is 20.1. The number of carbonyl (C=O) groups is 1. The van der Waals surface area contributed by atoms with E-state index >= 15 is 0 Å². The highest BCUT2D eigenvalue weighted by molar-refractivity contribution is 5.86. The molecule has 4 rings (SSSR count). The molecule has 174 valence electrons. The van der Waals surface area contributed by atoms with Gasteiger partial charge < -0.3 is 14.2 Å². The van der Waals surface area contributed by atoms with E-state index in [-0.39, 0.29) is 11.9 Å². The van der Waals surface area contributed by atoms with E-state index in [1.54, 1.807) is 11.0 Å². The van der Waals surface area contributed by atoms with Crippen molar-refractivity contribution in [2.45, 2.75) is 59.0 Å². The molecule has 0 radical (unpaired) electrons. The van der Waals surface area contributed by atoms with Gasteiger partial charge in [0.1, 0.15) is 11.4 Å². The molecule has 0 spiro atoms. The summed E-state index contributed by atoms with van der Waals surface area (Å²) in [5.74, 6) is 0.0674. The van der Waals surface area contributed by atoms with E-state index < -0.39 is 5.60 Å². The fourth-order valence-electron chi connectivity index (χ4n) is 4.50. The second-order valence-electron chi connectivity index (χ2n) is 10.0. The number of fused-ring (bicyclic) bond motifs is 1. The van der Waals surface area contributed by atoms with Gasteiger partial charge in [-0.2, -0.15) is 0 Å². The number of piperidine rings is 1. The average Bonchev–Trinajstić information content (AvgIpc) is 3.12. The summed E-state index contributed by atoms with van der Waals surface area (Å²) in [6, 6.07) is 6.94. The third kappa shape index (κ3) is 5.10. The van der Waals surface area contributed by atoms with Crippen molar-refractivity contribution in [2.24, 2.45) is 0 Å². The number of aromatic nitrogens is 2. The van der Waals surface area contributed by atoms with E-state index in [2.05, 4.69) is 15.7 Å². The SMILES string of the molecule is CC(C)=Cc1cc(F)ccc1-n1cc(C2CCN(C(=O)OC(C)(C)C)CC2)c2ccncc21. The molecule has 5 nitrogen and oxygen atoms in total. The highest BCUT2D eigenvalue weighted by atomic mass is 19.1. The molecule has 1 amide bonds. The van der Waals surface area contributed by atoms with E-state index in [9.17, 15) is 9.18 Å². The fraction of sp³-hybridized carbons (Fsp3) is 0.407. The molecule has 1 fully saturated rings. The average molecular weight is 450 g/mol. The van der Waals surface area contributed by atoms with Crippen molar-refractivity contribution in [2.75, 3.05) is 13.1 Å². The summed E-state index contributed by atoms with van der Waals surface area (Å²) in [5.41, 5.74) is 4.61. The van der Waals surface area contributed by atoms with Crippen LogP contribution in [0.25, 0.3) is 22.7 Å². The van der Waals surface area contributed by atoms with Crippen molar-refractivity contribution in [3.63, 3.8) is 0 Å². The van der Waals surface area contributed by atoms with Gasteiger partial charge in [0.2, 0.25) is 0 Å². The highest BCUT2D eigenvalue weighted by Gasteiger charge is 2.29. The minimum atomic E-state index is -0.494. The Hall–Kier alpha value is -3.15. The van der Waals surface area contributed by atoms with Crippen molar-refractivity contribution in [3.8, 4) is 5.69 Å². The Labute approximate surface area is 194 Å². The molecular weight excluding hydrogens is 417 g/mol. The number of hydrogen-bond acceptors (Lipinski definition) is 3. The number of amides is 1. The minimum Gasteiger partial charge on any atom is -0.444 e. The van der Waals surface area contributed by atoms with Crippen molar-refractivity contribution >= 4 is 23.1 Å². The number of hydrogen-bond donors (Lipinski definition) is 0. The van der Waals surface area contributed by atoms with Crippen molar-refractivity contribution in [1.82, 2.24) is 14.5 Å². The summed E-state index contributed by atoms with van der Waals surface area (Å²) < 4.78 is 21.7. The lowest BCUT2D eigenvalue weighted by Gasteiger charge is -2.33. The van der Waals surface area contributed by atoms with Crippen LogP contribution in [0, 0.1) is 5.82 Å². The van der Waals surface area contributed by atoms with Gasteiger partial charge in [-0.3, -0.25) is 4.98 Å². The molecule has 33 heavy (non-hydrogen) atoms. The van der Waals surface area contributed by atoms with Crippen LogP contribution in [0.2, 0.25) is 0 Å². The van der Waals surface area contributed by atoms with Crippen molar-refractivity contribution in [1.29, 1.82) is 0 Å². The summed E-state index contributed by atoms with van der Waals surface area (Å²) >= 11 is 0. The predicted octanol–water partition coefficient (Wildman–Crippen LogP) is 6.70. The largest absolute Gasteiger partial charge is 0.444 e. The molecule has 0 saturated carbocycles. The van der Waals surface area contributed by atoms with Crippen LogP contribution in [0.4, 0.5) is 9.18 Å². The maximum Gasteiger partial charge on any atom is 0.410 e. The Morgan fingerprint density at radius 1 is 1.18 bits per heavy atom. The third-order valence-electron chi connectivity index (χ3n) is 5.92. The molecule has 1 aromatic carbocycles. The van der Waals surface area contributed by atoms with Crippen molar-refractivity contribution < 1.29 is 13.9 Å². The van der Waals surface area contributed by atoms with Gasteiger partial charge in [-0.05, 0) is 83.2 Å². The molecule has 0 aliphatic carbocycles. The lowest BCUT2D eigenvalue weighted by Crippen LogP contribution is -2.41. The van der Waals surface area contributed by atoms with Gasteiger partial charge in [0.25, 0.3) is 0 Å². The van der Waals surface area contributed by atoms with Gasteiger partial charge in [0.05, 0.1) is 17.4 Å². The fourth-order valence-corrected chi connectivity index (χ4v) is 4.50. The van der Waals surface area contributed by atoms with Gasteiger partial charge in [-0.15, -0.1) is 0 Å².